The zero-order valence-corrected chi connectivity index (χ0v) is 15.5. The maximum Gasteiger partial charge on any atom is 0.252 e. The predicted molar refractivity (Wildman–Crippen MR) is 96.7 cm³/mol. The van der Waals surface area contributed by atoms with Gasteiger partial charge in [-0.2, -0.15) is 5.01 Å². The lowest BCUT2D eigenvalue weighted by molar-refractivity contribution is -0.149. The van der Waals surface area contributed by atoms with Crippen LogP contribution in [0.25, 0.3) is 0 Å². The van der Waals surface area contributed by atoms with Gasteiger partial charge < -0.3 is 0 Å². The standard InChI is InChI=1S/C20H21ClN2O3/c1-10(2)16-13-7-8-14(16)18-17(13)19(25)23(20(18)26)22-15(24)9-11-3-5-12(21)6-4-11/h3-6,13-14,17-18H,7-9H2,1-2H3,(H,22,24)/t13-,14+,17-,18-/m1/s1. The first-order chi connectivity index (χ1) is 12.4. The number of rotatable bonds is 3. The Balaban J connectivity index is 1.49. The maximum atomic E-state index is 12.8. The summed E-state index contributed by atoms with van der Waals surface area (Å²) in [5.41, 5.74) is 5.83. The van der Waals surface area contributed by atoms with Crippen LogP contribution in [0.3, 0.4) is 0 Å². The van der Waals surface area contributed by atoms with Gasteiger partial charge in [0.1, 0.15) is 0 Å². The number of fused-ring (bicyclic) bond motifs is 5. The highest BCUT2D eigenvalue weighted by atomic mass is 35.5. The molecule has 5 nitrogen and oxygen atoms in total. The van der Waals surface area contributed by atoms with Crippen molar-refractivity contribution in [3.63, 3.8) is 0 Å². The Morgan fingerprint density at radius 2 is 1.62 bits per heavy atom. The van der Waals surface area contributed by atoms with E-state index in [9.17, 15) is 14.4 Å². The lowest BCUT2D eigenvalue weighted by Gasteiger charge is -2.19. The molecule has 1 aromatic carbocycles. The average Bonchev–Trinajstić information content (AvgIpc) is 3.23. The molecule has 0 aromatic heterocycles. The van der Waals surface area contributed by atoms with Crippen LogP contribution in [0.1, 0.15) is 32.3 Å². The minimum atomic E-state index is -0.371. The van der Waals surface area contributed by atoms with E-state index in [1.165, 1.54) is 11.1 Å². The Hall–Kier alpha value is -2.14. The highest BCUT2D eigenvalue weighted by Crippen LogP contribution is 2.59. The van der Waals surface area contributed by atoms with Crippen LogP contribution in [0, 0.1) is 23.7 Å². The number of nitrogens with one attached hydrogen (secondary N) is 1. The molecule has 0 spiro atoms. The van der Waals surface area contributed by atoms with E-state index in [0.717, 1.165) is 23.4 Å². The summed E-state index contributed by atoms with van der Waals surface area (Å²) in [5, 5.41) is 1.57. The van der Waals surface area contributed by atoms with Crippen molar-refractivity contribution in [3.05, 3.63) is 46.0 Å². The van der Waals surface area contributed by atoms with Gasteiger partial charge in [0, 0.05) is 5.02 Å². The normalized spacial score (nSPS) is 29.3. The van der Waals surface area contributed by atoms with Crippen LogP contribution in [0.15, 0.2) is 35.4 Å². The van der Waals surface area contributed by atoms with Crippen molar-refractivity contribution < 1.29 is 14.4 Å². The Kier molecular flexibility index (Phi) is 4.14. The van der Waals surface area contributed by atoms with Gasteiger partial charge >= 0.3 is 0 Å². The summed E-state index contributed by atoms with van der Waals surface area (Å²) >= 11 is 5.84. The van der Waals surface area contributed by atoms with Crippen molar-refractivity contribution in [1.29, 1.82) is 0 Å². The van der Waals surface area contributed by atoms with E-state index in [4.69, 9.17) is 11.6 Å². The highest BCUT2D eigenvalue weighted by Gasteiger charge is 2.63. The molecule has 1 N–H and O–H groups in total. The molecule has 3 fully saturated rings. The third-order valence-electron chi connectivity index (χ3n) is 5.94. The fourth-order valence-corrected chi connectivity index (χ4v) is 5.18. The minimum Gasteiger partial charge on any atom is -0.273 e. The summed E-state index contributed by atoms with van der Waals surface area (Å²) in [5.74, 6) is -1.17. The fourth-order valence-electron chi connectivity index (χ4n) is 5.05. The zero-order chi connectivity index (χ0) is 18.6. The Labute approximate surface area is 157 Å². The van der Waals surface area contributed by atoms with Crippen LogP contribution in [0.4, 0.5) is 0 Å². The molecule has 2 aliphatic carbocycles. The molecule has 1 aromatic rings. The van der Waals surface area contributed by atoms with Gasteiger partial charge in [-0.15, -0.1) is 0 Å². The number of nitrogens with zero attached hydrogens (tertiary/aromatic N) is 1. The van der Waals surface area contributed by atoms with Gasteiger partial charge in [0.25, 0.3) is 11.8 Å². The SMILES string of the molecule is CC(C)=C1[C@H]2CC[C@@H]1[C@H]1C(=O)N(NC(=O)Cc3ccc(Cl)cc3)C(=O)[C@@H]12. The topological polar surface area (TPSA) is 66.5 Å². The van der Waals surface area contributed by atoms with Crippen LogP contribution >= 0.6 is 11.6 Å². The number of carbonyl (C=O) groups excluding carboxylic acids is 3. The number of allylic oxidation sites excluding steroid dienone is 2. The van der Waals surface area contributed by atoms with Crippen LogP contribution in [-0.2, 0) is 20.8 Å². The number of hydrogen-bond donors (Lipinski definition) is 1. The van der Waals surface area contributed by atoms with Crippen molar-refractivity contribution in [2.45, 2.75) is 33.1 Å². The molecule has 0 radical (unpaired) electrons. The van der Waals surface area contributed by atoms with Gasteiger partial charge in [0.2, 0.25) is 5.91 Å². The number of hydrazine groups is 1. The van der Waals surface area contributed by atoms with Gasteiger partial charge in [-0.3, -0.25) is 19.8 Å². The monoisotopic (exact) mass is 372 g/mol. The molecule has 1 heterocycles. The van der Waals surface area contributed by atoms with Gasteiger partial charge in [-0.05, 0) is 56.2 Å². The maximum absolute atomic E-state index is 12.8. The first-order valence-corrected chi connectivity index (χ1v) is 9.35. The summed E-state index contributed by atoms with van der Waals surface area (Å²) in [6.45, 7) is 4.12. The molecule has 136 valence electrons. The van der Waals surface area contributed by atoms with Crippen LogP contribution < -0.4 is 5.43 Å². The number of carbonyl (C=O) groups is 3. The Morgan fingerprint density at radius 3 is 2.12 bits per heavy atom. The van der Waals surface area contributed by atoms with E-state index in [1.54, 1.807) is 24.3 Å². The van der Waals surface area contributed by atoms with E-state index >= 15 is 0 Å². The van der Waals surface area contributed by atoms with E-state index in [0.29, 0.717) is 5.02 Å². The molecule has 2 bridgehead atoms. The number of benzene rings is 1. The van der Waals surface area contributed by atoms with Gasteiger partial charge in [-0.1, -0.05) is 34.9 Å². The summed E-state index contributed by atoms with van der Waals surface area (Å²) < 4.78 is 0. The van der Waals surface area contributed by atoms with E-state index < -0.39 is 0 Å². The van der Waals surface area contributed by atoms with Crippen LogP contribution in [0.2, 0.25) is 5.02 Å². The molecule has 4 rings (SSSR count). The van der Waals surface area contributed by atoms with Gasteiger partial charge in [0.15, 0.2) is 0 Å². The van der Waals surface area contributed by atoms with Crippen molar-refractivity contribution >= 4 is 29.3 Å². The minimum absolute atomic E-state index is 0.0929. The van der Waals surface area contributed by atoms with Crippen molar-refractivity contribution in [3.8, 4) is 0 Å². The lowest BCUT2D eigenvalue weighted by Crippen LogP contribution is -2.48. The fraction of sp³-hybridized carbons (Fsp3) is 0.450. The second-order valence-corrected chi connectivity index (χ2v) is 8.08. The second kappa shape index (κ2) is 6.23. The zero-order valence-electron chi connectivity index (χ0n) is 14.8. The van der Waals surface area contributed by atoms with Crippen LogP contribution in [0.5, 0.6) is 0 Å². The number of hydrogen-bond acceptors (Lipinski definition) is 3. The Morgan fingerprint density at radius 1 is 1.08 bits per heavy atom. The van der Waals surface area contributed by atoms with Crippen molar-refractivity contribution in [1.82, 2.24) is 10.4 Å². The molecule has 3 aliphatic rings. The second-order valence-electron chi connectivity index (χ2n) is 7.65. The molecular formula is C20H21ClN2O3. The smallest absolute Gasteiger partial charge is 0.252 e. The average molecular weight is 373 g/mol. The molecule has 6 heteroatoms. The Bertz CT molecular complexity index is 794. The van der Waals surface area contributed by atoms with E-state index in [2.05, 4.69) is 19.3 Å². The first-order valence-electron chi connectivity index (χ1n) is 8.97. The molecule has 0 unspecified atom stereocenters. The lowest BCUT2D eigenvalue weighted by atomic mass is 9.81. The quantitative estimate of drug-likeness (QED) is 0.655. The molecule has 2 saturated carbocycles. The summed E-state index contributed by atoms with van der Waals surface area (Å²) in [7, 11) is 0. The van der Waals surface area contributed by atoms with Crippen molar-refractivity contribution in [2.75, 3.05) is 0 Å². The molecular weight excluding hydrogens is 352 g/mol. The molecule has 1 saturated heterocycles. The molecule has 26 heavy (non-hydrogen) atoms. The number of imide groups is 1. The largest absolute Gasteiger partial charge is 0.273 e. The van der Waals surface area contributed by atoms with Crippen molar-refractivity contribution in [2.24, 2.45) is 23.7 Å². The third-order valence-corrected chi connectivity index (χ3v) is 6.20. The summed E-state index contributed by atoms with van der Waals surface area (Å²) in [6, 6.07) is 6.93. The van der Waals surface area contributed by atoms with Gasteiger partial charge in [-0.25, -0.2) is 0 Å². The first kappa shape index (κ1) is 17.3. The highest BCUT2D eigenvalue weighted by molar-refractivity contribution is 6.30. The number of amides is 3. The van der Waals surface area contributed by atoms with E-state index in [1.807, 2.05) is 0 Å². The third kappa shape index (κ3) is 2.57. The van der Waals surface area contributed by atoms with Crippen LogP contribution in [-0.4, -0.2) is 22.7 Å². The summed E-state index contributed by atoms with van der Waals surface area (Å²) in [4.78, 5) is 38.0. The van der Waals surface area contributed by atoms with Gasteiger partial charge in [0.05, 0.1) is 18.3 Å². The summed E-state index contributed by atoms with van der Waals surface area (Å²) in [6.07, 6.45) is 2.01. The molecule has 4 atom stereocenters. The van der Waals surface area contributed by atoms with E-state index in [-0.39, 0.29) is 47.8 Å². The predicted octanol–water partition coefficient (Wildman–Crippen LogP) is 2.89. The number of halogens is 1. The molecule has 1 aliphatic heterocycles. The molecule has 3 amide bonds.